The first-order chi connectivity index (χ1) is 9.86. The van der Waals surface area contributed by atoms with Crippen LogP contribution in [0.3, 0.4) is 0 Å². The summed E-state index contributed by atoms with van der Waals surface area (Å²) < 4.78 is 44.7. The Balaban J connectivity index is 1.82. The first-order valence-electron chi connectivity index (χ1n) is 7.04. The van der Waals surface area contributed by atoms with E-state index in [1.165, 1.54) is 0 Å². The number of hydrogen-bond donors (Lipinski definition) is 0. The Morgan fingerprint density at radius 3 is 2.86 bits per heavy atom. The number of benzene rings is 1. The molecular formula is C15H19BrF3NO. The van der Waals surface area contributed by atoms with Gasteiger partial charge in [-0.3, -0.25) is 4.90 Å². The highest BCUT2D eigenvalue weighted by molar-refractivity contribution is 9.10. The van der Waals surface area contributed by atoms with Gasteiger partial charge in [-0.1, -0.05) is 6.07 Å². The number of nitrogens with zero attached hydrogens (tertiary/aromatic N) is 1. The first-order valence-corrected chi connectivity index (χ1v) is 7.83. The maximum Gasteiger partial charge on any atom is 0.393 e. The lowest BCUT2D eigenvalue weighted by Crippen LogP contribution is -2.43. The third kappa shape index (κ3) is 4.88. The Morgan fingerprint density at radius 2 is 2.14 bits per heavy atom. The van der Waals surface area contributed by atoms with Gasteiger partial charge in [0, 0.05) is 13.1 Å². The molecule has 0 aliphatic carbocycles. The molecule has 1 atom stereocenters. The van der Waals surface area contributed by atoms with Gasteiger partial charge in [0.25, 0.3) is 0 Å². The molecule has 1 heterocycles. The largest absolute Gasteiger partial charge is 0.491 e. The Morgan fingerprint density at radius 1 is 1.38 bits per heavy atom. The molecule has 1 aromatic rings. The van der Waals surface area contributed by atoms with Gasteiger partial charge in [-0.25, -0.2) is 0 Å². The standard InChI is InChI=1S/C15H19BrF3NO/c1-11-4-5-13(16)14(9-11)21-8-7-20-6-2-3-12(10-20)15(17,18)19/h4-5,9,12H,2-3,6-8,10H2,1H3. The summed E-state index contributed by atoms with van der Waals surface area (Å²) in [5.74, 6) is -0.462. The van der Waals surface area contributed by atoms with E-state index in [2.05, 4.69) is 15.9 Å². The van der Waals surface area contributed by atoms with Crippen LogP contribution < -0.4 is 4.74 Å². The molecule has 0 bridgehead atoms. The van der Waals surface area contributed by atoms with Crippen molar-refractivity contribution in [2.45, 2.75) is 25.9 Å². The topological polar surface area (TPSA) is 12.5 Å². The highest BCUT2D eigenvalue weighted by Gasteiger charge is 2.41. The van der Waals surface area contributed by atoms with Crippen LogP contribution in [0, 0.1) is 12.8 Å². The zero-order chi connectivity index (χ0) is 15.5. The van der Waals surface area contributed by atoms with Gasteiger partial charge in [0.15, 0.2) is 0 Å². The van der Waals surface area contributed by atoms with E-state index in [1.54, 1.807) is 0 Å². The summed E-state index contributed by atoms with van der Waals surface area (Å²) in [6, 6.07) is 5.79. The molecule has 0 N–H and O–H groups in total. The van der Waals surface area contributed by atoms with E-state index < -0.39 is 12.1 Å². The van der Waals surface area contributed by atoms with Crippen molar-refractivity contribution in [3.63, 3.8) is 0 Å². The minimum atomic E-state index is -4.08. The van der Waals surface area contributed by atoms with Crippen molar-refractivity contribution in [3.8, 4) is 5.75 Å². The summed E-state index contributed by atoms with van der Waals surface area (Å²) in [5, 5.41) is 0. The maximum absolute atomic E-state index is 12.7. The average Bonchev–Trinajstić information content (AvgIpc) is 2.42. The lowest BCUT2D eigenvalue weighted by Gasteiger charge is -2.33. The molecule has 1 aliphatic heterocycles. The lowest BCUT2D eigenvalue weighted by molar-refractivity contribution is -0.186. The third-order valence-corrected chi connectivity index (χ3v) is 4.38. The van der Waals surface area contributed by atoms with Crippen LogP contribution >= 0.6 is 15.9 Å². The molecule has 1 saturated heterocycles. The number of ether oxygens (including phenoxy) is 1. The van der Waals surface area contributed by atoms with Crippen molar-refractivity contribution >= 4 is 15.9 Å². The van der Waals surface area contributed by atoms with Crippen LogP contribution in [0.25, 0.3) is 0 Å². The normalized spacial score (nSPS) is 20.5. The van der Waals surface area contributed by atoms with Gasteiger partial charge in [0.05, 0.1) is 10.4 Å². The maximum atomic E-state index is 12.7. The van der Waals surface area contributed by atoms with Crippen LogP contribution in [0.15, 0.2) is 22.7 Å². The highest BCUT2D eigenvalue weighted by atomic mass is 79.9. The monoisotopic (exact) mass is 365 g/mol. The van der Waals surface area contributed by atoms with E-state index in [-0.39, 0.29) is 13.0 Å². The second kappa shape index (κ2) is 7.01. The number of likely N-dealkylation sites (tertiary alicyclic amines) is 1. The van der Waals surface area contributed by atoms with Crippen molar-refractivity contribution in [2.75, 3.05) is 26.2 Å². The van der Waals surface area contributed by atoms with Gasteiger partial charge in [-0.05, 0) is 59.9 Å². The molecule has 1 unspecified atom stereocenters. The zero-order valence-electron chi connectivity index (χ0n) is 11.9. The van der Waals surface area contributed by atoms with Gasteiger partial charge >= 0.3 is 6.18 Å². The number of piperidine rings is 1. The van der Waals surface area contributed by atoms with E-state index in [0.29, 0.717) is 26.1 Å². The van der Waals surface area contributed by atoms with Gasteiger partial charge in [0.1, 0.15) is 12.4 Å². The first kappa shape index (κ1) is 16.6. The summed E-state index contributed by atoms with van der Waals surface area (Å²) >= 11 is 3.40. The van der Waals surface area contributed by atoms with Crippen LogP contribution in [-0.2, 0) is 0 Å². The van der Waals surface area contributed by atoms with Gasteiger partial charge in [-0.15, -0.1) is 0 Å². The van der Waals surface area contributed by atoms with Crippen molar-refractivity contribution in [1.29, 1.82) is 0 Å². The molecule has 6 heteroatoms. The molecule has 0 aromatic heterocycles. The van der Waals surface area contributed by atoms with E-state index >= 15 is 0 Å². The van der Waals surface area contributed by atoms with E-state index in [4.69, 9.17) is 4.74 Å². The smallest absolute Gasteiger partial charge is 0.393 e. The Hall–Kier alpha value is -0.750. The summed E-state index contributed by atoms with van der Waals surface area (Å²) in [7, 11) is 0. The number of hydrogen-bond acceptors (Lipinski definition) is 2. The summed E-state index contributed by atoms with van der Waals surface area (Å²) in [6.07, 6.45) is -3.25. The van der Waals surface area contributed by atoms with Crippen LogP contribution in [0.1, 0.15) is 18.4 Å². The molecule has 1 fully saturated rings. The molecule has 0 radical (unpaired) electrons. The Bertz CT molecular complexity index is 478. The van der Waals surface area contributed by atoms with Crippen LogP contribution in [-0.4, -0.2) is 37.3 Å². The Kier molecular flexibility index (Phi) is 5.54. The summed E-state index contributed by atoms with van der Waals surface area (Å²) in [5.41, 5.74) is 1.09. The van der Waals surface area contributed by atoms with Gasteiger partial charge in [0.2, 0.25) is 0 Å². The molecule has 2 nitrogen and oxygen atoms in total. The summed E-state index contributed by atoms with van der Waals surface area (Å²) in [6.45, 7) is 3.68. The minimum Gasteiger partial charge on any atom is -0.491 e. The van der Waals surface area contributed by atoms with Crippen molar-refractivity contribution < 1.29 is 17.9 Å². The Labute approximate surface area is 131 Å². The molecule has 2 rings (SSSR count). The second-order valence-electron chi connectivity index (χ2n) is 5.46. The quantitative estimate of drug-likeness (QED) is 0.783. The van der Waals surface area contributed by atoms with E-state index in [1.807, 2.05) is 30.0 Å². The fraction of sp³-hybridized carbons (Fsp3) is 0.600. The molecule has 1 aromatic carbocycles. The lowest BCUT2D eigenvalue weighted by atomic mass is 9.98. The van der Waals surface area contributed by atoms with Crippen LogP contribution in [0.2, 0.25) is 0 Å². The molecule has 118 valence electrons. The van der Waals surface area contributed by atoms with Crippen LogP contribution in [0.4, 0.5) is 13.2 Å². The van der Waals surface area contributed by atoms with Gasteiger partial charge in [-0.2, -0.15) is 13.2 Å². The molecule has 1 aliphatic rings. The molecule has 0 spiro atoms. The van der Waals surface area contributed by atoms with E-state index in [9.17, 15) is 13.2 Å². The molecule has 21 heavy (non-hydrogen) atoms. The summed E-state index contributed by atoms with van der Waals surface area (Å²) in [4.78, 5) is 1.84. The molecule has 0 amide bonds. The van der Waals surface area contributed by atoms with Gasteiger partial charge < -0.3 is 4.74 Å². The van der Waals surface area contributed by atoms with E-state index in [0.717, 1.165) is 15.8 Å². The SMILES string of the molecule is Cc1ccc(Br)c(OCCN2CCCC(C(F)(F)F)C2)c1. The fourth-order valence-corrected chi connectivity index (χ4v) is 2.89. The number of rotatable bonds is 4. The van der Waals surface area contributed by atoms with Crippen LogP contribution in [0.5, 0.6) is 5.75 Å². The van der Waals surface area contributed by atoms with Crippen molar-refractivity contribution in [2.24, 2.45) is 5.92 Å². The number of aryl methyl sites for hydroxylation is 1. The number of alkyl halides is 3. The minimum absolute atomic E-state index is 0.0852. The van der Waals surface area contributed by atoms with Crippen molar-refractivity contribution in [3.05, 3.63) is 28.2 Å². The third-order valence-electron chi connectivity index (χ3n) is 3.72. The average molecular weight is 366 g/mol. The fourth-order valence-electron chi connectivity index (χ4n) is 2.53. The predicted octanol–water partition coefficient (Wildman–Crippen LogP) is 4.41. The molecule has 0 saturated carbocycles. The molecular weight excluding hydrogens is 347 g/mol. The predicted molar refractivity (Wildman–Crippen MR) is 79.6 cm³/mol. The number of halogens is 4. The van der Waals surface area contributed by atoms with Crippen molar-refractivity contribution in [1.82, 2.24) is 4.90 Å². The zero-order valence-corrected chi connectivity index (χ0v) is 13.5. The highest BCUT2D eigenvalue weighted by Crippen LogP contribution is 2.33. The second-order valence-corrected chi connectivity index (χ2v) is 6.32.